The number of thiophene rings is 1. The zero-order valence-corrected chi connectivity index (χ0v) is 22.1. The van der Waals surface area contributed by atoms with Crippen LogP contribution in [0, 0.1) is 0 Å². The molecule has 1 aromatic heterocycles. The highest BCUT2D eigenvalue weighted by Gasteiger charge is 2.16. The van der Waals surface area contributed by atoms with Crippen molar-refractivity contribution < 1.29 is 14.3 Å². The summed E-state index contributed by atoms with van der Waals surface area (Å²) in [6, 6.07) is 24.2. The van der Waals surface area contributed by atoms with E-state index in [2.05, 4.69) is 53.4 Å². The van der Waals surface area contributed by atoms with Crippen molar-refractivity contribution >= 4 is 51.7 Å². The topological polar surface area (TPSA) is 75.9 Å². The molecule has 0 unspecified atom stereocenters. The predicted molar refractivity (Wildman–Crippen MR) is 153 cm³/mol. The third-order valence-corrected chi connectivity index (χ3v) is 7.89. The fourth-order valence-corrected chi connectivity index (χ4v) is 5.90. The Morgan fingerprint density at radius 1 is 1.00 bits per heavy atom. The number of ether oxygens (including phenoxy) is 1. The van der Waals surface area contributed by atoms with Gasteiger partial charge in [0.2, 0.25) is 6.29 Å². The van der Waals surface area contributed by atoms with Crippen molar-refractivity contribution in [1.82, 2.24) is 4.90 Å². The van der Waals surface area contributed by atoms with Gasteiger partial charge >= 0.3 is 5.91 Å². The number of likely N-dealkylation sites (tertiary alicyclic amines) is 1. The van der Waals surface area contributed by atoms with E-state index in [4.69, 9.17) is 10.6 Å². The normalized spacial score (nSPS) is 13.3. The monoisotopic (exact) mass is 535 g/mol. The van der Waals surface area contributed by atoms with Crippen molar-refractivity contribution in [3.63, 3.8) is 0 Å². The number of halogens is 1. The van der Waals surface area contributed by atoms with Gasteiger partial charge in [-0.05, 0) is 84.8 Å². The summed E-state index contributed by atoms with van der Waals surface area (Å²) in [5.74, 6) is 5.87. The van der Waals surface area contributed by atoms with E-state index in [0.717, 1.165) is 29.3 Å². The maximum atomic E-state index is 11.6. The Kier molecular flexibility index (Phi) is 8.95. The number of fused-ring (bicyclic) bond motifs is 1. The molecule has 5 rings (SSSR count). The van der Waals surface area contributed by atoms with Gasteiger partial charge in [0.1, 0.15) is 12.4 Å². The maximum Gasteiger partial charge on any atom is 0.305 e. The van der Waals surface area contributed by atoms with E-state index < -0.39 is 5.91 Å². The highest BCUT2D eigenvalue weighted by atomic mass is 35.5. The number of amides is 1. The van der Waals surface area contributed by atoms with E-state index in [1.54, 1.807) is 23.5 Å². The molecule has 1 amide bonds. The number of nitrogens with two attached hydrogens (primary N) is 1. The number of hydrogen-bond acceptors (Lipinski definition) is 6. The Hall–Kier alpha value is -3.23. The summed E-state index contributed by atoms with van der Waals surface area (Å²) in [7, 11) is 0. The van der Waals surface area contributed by atoms with Crippen LogP contribution in [0.2, 0.25) is 0 Å². The van der Waals surface area contributed by atoms with Crippen LogP contribution in [0.25, 0.3) is 20.5 Å². The quantitative estimate of drug-likeness (QED) is 0.101. The average Bonchev–Trinajstić information content (AvgIpc) is 3.57. The zero-order chi connectivity index (χ0) is 24.9. The molecule has 3 aromatic carbocycles. The summed E-state index contributed by atoms with van der Waals surface area (Å²) in [5, 5.41) is 2.10. The van der Waals surface area contributed by atoms with Crippen LogP contribution < -0.4 is 15.6 Å². The van der Waals surface area contributed by atoms with E-state index in [9.17, 15) is 9.59 Å². The molecule has 4 aromatic rings. The lowest BCUT2D eigenvalue weighted by Gasteiger charge is -2.15. The van der Waals surface area contributed by atoms with Crippen molar-refractivity contribution in [2.45, 2.75) is 19.3 Å². The number of benzene rings is 3. The number of aldehydes is 1. The SMILES string of the molecule is Cl.NN(C(=O)C=O)c1ccc(-c2sc3ccccc3c2Cc2ccc(OCCN3CCCC3)cc2)cc1. The van der Waals surface area contributed by atoms with Gasteiger partial charge in [-0.15, -0.1) is 23.7 Å². The Bertz CT molecular complexity index is 1350. The second kappa shape index (κ2) is 12.3. The molecular formula is C29H30ClN3O3S. The highest BCUT2D eigenvalue weighted by Crippen LogP contribution is 2.40. The highest BCUT2D eigenvalue weighted by molar-refractivity contribution is 7.22. The van der Waals surface area contributed by atoms with Crippen LogP contribution in [0.15, 0.2) is 72.8 Å². The van der Waals surface area contributed by atoms with Gasteiger partial charge in [-0.3, -0.25) is 14.5 Å². The molecule has 0 saturated carbocycles. The van der Waals surface area contributed by atoms with Crippen LogP contribution in [0.1, 0.15) is 24.0 Å². The molecule has 0 spiro atoms. The second-order valence-electron chi connectivity index (χ2n) is 9.00. The molecule has 6 nitrogen and oxygen atoms in total. The van der Waals surface area contributed by atoms with Gasteiger partial charge in [0.25, 0.3) is 0 Å². The van der Waals surface area contributed by atoms with E-state index in [0.29, 0.717) is 12.3 Å². The molecular weight excluding hydrogens is 506 g/mol. The fraction of sp³-hybridized carbons (Fsp3) is 0.241. The van der Waals surface area contributed by atoms with Gasteiger partial charge in [0, 0.05) is 16.1 Å². The smallest absolute Gasteiger partial charge is 0.305 e. The number of anilines is 1. The van der Waals surface area contributed by atoms with Crippen LogP contribution in [-0.4, -0.2) is 43.3 Å². The van der Waals surface area contributed by atoms with E-state index in [1.165, 1.54) is 52.0 Å². The Morgan fingerprint density at radius 2 is 1.70 bits per heavy atom. The molecule has 1 fully saturated rings. The van der Waals surface area contributed by atoms with Crippen LogP contribution in [0.3, 0.4) is 0 Å². The van der Waals surface area contributed by atoms with Crippen LogP contribution >= 0.6 is 23.7 Å². The first-order chi connectivity index (χ1) is 17.6. The van der Waals surface area contributed by atoms with E-state index in [1.807, 2.05) is 12.1 Å². The minimum absolute atomic E-state index is 0. The summed E-state index contributed by atoms with van der Waals surface area (Å²) in [4.78, 5) is 26.0. The molecule has 8 heteroatoms. The van der Waals surface area contributed by atoms with Gasteiger partial charge in [-0.25, -0.2) is 10.9 Å². The number of rotatable bonds is 9. The van der Waals surface area contributed by atoms with Crippen molar-refractivity contribution in [2.24, 2.45) is 5.84 Å². The maximum absolute atomic E-state index is 11.6. The molecule has 0 atom stereocenters. The van der Waals surface area contributed by atoms with Gasteiger partial charge < -0.3 is 4.74 Å². The molecule has 1 saturated heterocycles. The number of nitrogens with zero attached hydrogens (tertiary/aromatic N) is 2. The minimum atomic E-state index is -0.784. The Morgan fingerprint density at radius 3 is 2.41 bits per heavy atom. The molecule has 1 aliphatic rings. The molecule has 37 heavy (non-hydrogen) atoms. The molecule has 1 aliphatic heterocycles. The molecule has 0 radical (unpaired) electrons. The van der Waals surface area contributed by atoms with Gasteiger partial charge in [-0.2, -0.15) is 0 Å². The number of hydrazine groups is 1. The second-order valence-corrected chi connectivity index (χ2v) is 10.0. The summed E-state index contributed by atoms with van der Waals surface area (Å²) in [6.07, 6.45) is 3.59. The van der Waals surface area contributed by atoms with Gasteiger partial charge in [-0.1, -0.05) is 42.5 Å². The minimum Gasteiger partial charge on any atom is -0.492 e. The Balaban J connectivity index is 0.00000320. The van der Waals surface area contributed by atoms with E-state index in [-0.39, 0.29) is 18.7 Å². The standard InChI is InChI=1S/C29H29N3O3S.ClH/c30-32(28(34)20-33)23-11-9-22(10-12-23)29-26(25-5-1-2-6-27(25)36-29)19-21-7-13-24(14-8-21)35-18-17-31-15-3-4-16-31;/h1-2,5-14,20H,3-4,15-19,30H2;1H. The van der Waals surface area contributed by atoms with Crippen molar-refractivity contribution in [3.05, 3.63) is 83.9 Å². The number of hydrogen-bond donors (Lipinski definition) is 1. The lowest BCUT2D eigenvalue weighted by Crippen LogP contribution is -2.38. The zero-order valence-electron chi connectivity index (χ0n) is 20.5. The average molecular weight is 536 g/mol. The van der Waals surface area contributed by atoms with Crippen LogP contribution in [0.5, 0.6) is 5.75 Å². The first-order valence-corrected chi connectivity index (χ1v) is 13.0. The summed E-state index contributed by atoms with van der Waals surface area (Å²) >= 11 is 1.75. The van der Waals surface area contributed by atoms with Gasteiger partial charge in [0.15, 0.2) is 0 Å². The lowest BCUT2D eigenvalue weighted by atomic mass is 9.99. The Labute approximate surface area is 227 Å². The molecule has 2 N–H and O–H groups in total. The first kappa shape index (κ1) is 26.8. The molecule has 0 bridgehead atoms. The van der Waals surface area contributed by atoms with E-state index >= 15 is 0 Å². The summed E-state index contributed by atoms with van der Waals surface area (Å²) in [6.45, 7) is 4.07. The first-order valence-electron chi connectivity index (χ1n) is 12.2. The lowest BCUT2D eigenvalue weighted by molar-refractivity contribution is -0.129. The van der Waals surface area contributed by atoms with Crippen molar-refractivity contribution in [3.8, 4) is 16.2 Å². The predicted octanol–water partition coefficient (Wildman–Crippen LogP) is 5.46. The molecule has 2 heterocycles. The third-order valence-electron chi connectivity index (χ3n) is 6.62. The van der Waals surface area contributed by atoms with Gasteiger partial charge in [0.05, 0.1) is 5.69 Å². The summed E-state index contributed by atoms with van der Waals surface area (Å²) in [5.41, 5.74) is 4.00. The number of carbonyl (C=O) groups excluding carboxylic acids is 2. The summed E-state index contributed by atoms with van der Waals surface area (Å²) < 4.78 is 7.20. The van der Waals surface area contributed by atoms with Crippen LogP contribution in [-0.2, 0) is 16.0 Å². The largest absolute Gasteiger partial charge is 0.492 e. The number of carbonyl (C=O) groups is 2. The van der Waals surface area contributed by atoms with Crippen LogP contribution in [0.4, 0.5) is 5.69 Å². The molecule has 0 aliphatic carbocycles. The van der Waals surface area contributed by atoms with Crippen molar-refractivity contribution in [1.29, 1.82) is 0 Å². The van der Waals surface area contributed by atoms with Crippen molar-refractivity contribution in [2.75, 3.05) is 31.3 Å². The fourth-order valence-electron chi connectivity index (χ4n) is 4.67. The molecule has 192 valence electrons. The third kappa shape index (κ3) is 6.19.